The molecule has 0 radical (unpaired) electrons. The van der Waals surface area contributed by atoms with E-state index < -0.39 is 5.56 Å². The van der Waals surface area contributed by atoms with E-state index in [1.54, 1.807) is 19.1 Å². The molecule has 0 atom stereocenters. The highest BCUT2D eigenvalue weighted by molar-refractivity contribution is 6.06. The molecule has 0 spiro atoms. The molecular weight excluding hydrogens is 361 g/mol. The number of benzene rings is 1. The van der Waals surface area contributed by atoms with Crippen molar-refractivity contribution in [2.45, 2.75) is 44.4 Å². The third-order valence-corrected chi connectivity index (χ3v) is 5.73. The number of halogens is 1. The quantitative estimate of drug-likeness (QED) is 0.721. The third-order valence-electron chi connectivity index (χ3n) is 5.73. The van der Waals surface area contributed by atoms with Gasteiger partial charge >= 0.3 is 0 Å². The minimum absolute atomic E-state index is 0.143. The van der Waals surface area contributed by atoms with Crippen LogP contribution in [-0.4, -0.2) is 22.4 Å². The van der Waals surface area contributed by atoms with Gasteiger partial charge in [-0.3, -0.25) is 9.59 Å². The van der Waals surface area contributed by atoms with Gasteiger partial charge in [0.1, 0.15) is 17.0 Å². The number of furan rings is 1. The summed E-state index contributed by atoms with van der Waals surface area (Å²) in [6.07, 6.45) is 6.20. The van der Waals surface area contributed by atoms with Gasteiger partial charge in [-0.15, -0.1) is 0 Å². The van der Waals surface area contributed by atoms with Crippen molar-refractivity contribution in [3.05, 3.63) is 63.7 Å². The number of nitrogens with zero attached hydrogens (tertiary/aromatic N) is 1. The van der Waals surface area contributed by atoms with E-state index in [0.29, 0.717) is 12.3 Å². The molecule has 4 rings (SSSR count). The van der Waals surface area contributed by atoms with Crippen LogP contribution in [0.25, 0.3) is 11.1 Å². The summed E-state index contributed by atoms with van der Waals surface area (Å²) < 4.78 is 19.3. The fraction of sp³-hybridized carbons (Fsp3) is 0.381. The van der Waals surface area contributed by atoms with E-state index in [4.69, 9.17) is 4.42 Å². The molecule has 7 heteroatoms. The van der Waals surface area contributed by atoms with Crippen LogP contribution in [0.4, 0.5) is 4.39 Å². The predicted molar refractivity (Wildman–Crippen MR) is 103 cm³/mol. The largest absolute Gasteiger partial charge is 0.442 e. The van der Waals surface area contributed by atoms with Crippen LogP contribution in [0.3, 0.4) is 0 Å². The number of rotatable bonds is 4. The van der Waals surface area contributed by atoms with Crippen molar-refractivity contribution in [1.82, 2.24) is 15.3 Å². The number of aryl methyl sites for hydroxylation is 1. The first kappa shape index (κ1) is 18.4. The lowest BCUT2D eigenvalue weighted by Gasteiger charge is -2.38. The van der Waals surface area contributed by atoms with E-state index in [2.05, 4.69) is 15.3 Å². The maximum Gasteiger partial charge on any atom is 0.262 e. The van der Waals surface area contributed by atoms with Crippen molar-refractivity contribution in [2.75, 3.05) is 6.54 Å². The molecule has 3 aromatic rings. The van der Waals surface area contributed by atoms with Gasteiger partial charge in [0.25, 0.3) is 11.5 Å². The molecule has 1 amide bonds. The summed E-state index contributed by atoms with van der Waals surface area (Å²) in [5.41, 5.74) is 0.525. The summed E-state index contributed by atoms with van der Waals surface area (Å²) in [5, 5.41) is 3.13. The molecule has 28 heavy (non-hydrogen) atoms. The molecule has 1 aliphatic rings. The Morgan fingerprint density at radius 3 is 2.86 bits per heavy atom. The summed E-state index contributed by atoms with van der Waals surface area (Å²) >= 11 is 0. The van der Waals surface area contributed by atoms with E-state index in [9.17, 15) is 14.0 Å². The van der Waals surface area contributed by atoms with Crippen molar-refractivity contribution in [1.29, 1.82) is 0 Å². The van der Waals surface area contributed by atoms with Crippen LogP contribution < -0.4 is 10.9 Å². The molecular formula is C21H22FN3O3. The Kier molecular flexibility index (Phi) is 4.75. The van der Waals surface area contributed by atoms with Gasteiger partial charge in [0.15, 0.2) is 0 Å². The number of amides is 1. The molecule has 2 heterocycles. The SMILES string of the molecule is Cc1oc2nc[nH]c(=O)c2c1C(=O)NCC1(c2cccc(F)c2)CCCCC1. The molecule has 6 nitrogen and oxygen atoms in total. The Labute approximate surface area is 161 Å². The van der Waals surface area contributed by atoms with Crippen LogP contribution >= 0.6 is 0 Å². The van der Waals surface area contributed by atoms with Crippen molar-refractivity contribution in [2.24, 2.45) is 0 Å². The highest BCUT2D eigenvalue weighted by Gasteiger charge is 2.35. The molecule has 0 aliphatic heterocycles. The highest BCUT2D eigenvalue weighted by Crippen LogP contribution is 2.39. The summed E-state index contributed by atoms with van der Waals surface area (Å²) in [7, 11) is 0. The summed E-state index contributed by atoms with van der Waals surface area (Å²) in [4.78, 5) is 31.6. The third kappa shape index (κ3) is 3.21. The van der Waals surface area contributed by atoms with Gasteiger partial charge in [0, 0.05) is 12.0 Å². The topological polar surface area (TPSA) is 88.0 Å². The second kappa shape index (κ2) is 7.22. The number of nitrogens with one attached hydrogen (secondary N) is 2. The van der Waals surface area contributed by atoms with Crippen LogP contribution in [0.5, 0.6) is 0 Å². The number of aromatic amines is 1. The Balaban J connectivity index is 1.64. The monoisotopic (exact) mass is 383 g/mol. The van der Waals surface area contributed by atoms with Gasteiger partial charge in [-0.1, -0.05) is 31.4 Å². The molecule has 2 N–H and O–H groups in total. The predicted octanol–water partition coefficient (Wildman–Crippen LogP) is 3.60. The number of carbonyl (C=O) groups is 1. The fourth-order valence-corrected chi connectivity index (χ4v) is 4.28. The number of carbonyl (C=O) groups excluding carboxylic acids is 1. The lowest BCUT2D eigenvalue weighted by Crippen LogP contribution is -2.42. The number of H-pyrrole nitrogens is 1. The Hall–Kier alpha value is -2.96. The second-order valence-electron chi connectivity index (χ2n) is 7.48. The Bertz CT molecular complexity index is 1080. The maximum absolute atomic E-state index is 13.8. The lowest BCUT2D eigenvalue weighted by atomic mass is 9.69. The van der Waals surface area contributed by atoms with Gasteiger partial charge in [-0.25, -0.2) is 9.37 Å². The van der Waals surface area contributed by atoms with Crippen molar-refractivity contribution in [3.8, 4) is 0 Å². The number of hydrogen-bond acceptors (Lipinski definition) is 4. The standard InChI is InChI=1S/C21H22FN3O3/c1-13-16(17-19(27)24-12-25-20(17)28-13)18(26)23-11-21(8-3-2-4-9-21)14-6-5-7-15(22)10-14/h5-7,10,12H,2-4,8-9,11H2,1H3,(H,23,26)(H,24,25,27). The summed E-state index contributed by atoms with van der Waals surface area (Å²) in [6.45, 7) is 2.01. The van der Waals surface area contributed by atoms with Crippen LogP contribution in [0.2, 0.25) is 0 Å². The first-order valence-electron chi connectivity index (χ1n) is 9.51. The van der Waals surface area contributed by atoms with E-state index >= 15 is 0 Å². The first-order valence-corrected chi connectivity index (χ1v) is 9.51. The van der Waals surface area contributed by atoms with Gasteiger partial charge in [-0.2, -0.15) is 0 Å². The molecule has 0 saturated heterocycles. The van der Waals surface area contributed by atoms with Crippen LogP contribution in [0, 0.1) is 12.7 Å². The summed E-state index contributed by atoms with van der Waals surface area (Å²) in [6, 6.07) is 6.62. The van der Waals surface area contributed by atoms with E-state index in [-0.39, 0.29) is 33.8 Å². The lowest BCUT2D eigenvalue weighted by molar-refractivity contribution is 0.0936. The minimum Gasteiger partial charge on any atom is -0.442 e. The number of fused-ring (bicyclic) bond motifs is 1. The van der Waals surface area contributed by atoms with Crippen LogP contribution in [-0.2, 0) is 5.41 Å². The first-order chi connectivity index (χ1) is 13.5. The minimum atomic E-state index is -0.412. The molecule has 1 aromatic carbocycles. The second-order valence-corrected chi connectivity index (χ2v) is 7.48. The van der Waals surface area contributed by atoms with Gasteiger partial charge in [-0.05, 0) is 37.5 Å². The smallest absolute Gasteiger partial charge is 0.262 e. The average molecular weight is 383 g/mol. The normalized spacial score (nSPS) is 16.2. The molecule has 1 aliphatic carbocycles. The molecule has 146 valence electrons. The van der Waals surface area contributed by atoms with Crippen molar-refractivity contribution < 1.29 is 13.6 Å². The van der Waals surface area contributed by atoms with Gasteiger partial charge in [0.05, 0.1) is 11.9 Å². The number of hydrogen-bond donors (Lipinski definition) is 2. The highest BCUT2D eigenvalue weighted by atomic mass is 19.1. The zero-order valence-corrected chi connectivity index (χ0v) is 15.7. The van der Waals surface area contributed by atoms with E-state index in [1.807, 2.05) is 6.07 Å². The average Bonchev–Trinajstić information content (AvgIpc) is 3.04. The molecule has 2 aromatic heterocycles. The Morgan fingerprint density at radius 1 is 1.32 bits per heavy atom. The Morgan fingerprint density at radius 2 is 2.11 bits per heavy atom. The summed E-state index contributed by atoms with van der Waals surface area (Å²) in [5.74, 6) is -0.306. The van der Waals surface area contributed by atoms with Crippen molar-refractivity contribution >= 4 is 17.0 Å². The van der Waals surface area contributed by atoms with E-state index in [1.165, 1.54) is 12.4 Å². The molecule has 1 fully saturated rings. The van der Waals surface area contributed by atoms with Gasteiger partial charge < -0.3 is 14.7 Å². The van der Waals surface area contributed by atoms with Crippen LogP contribution in [0.1, 0.15) is 53.8 Å². The zero-order valence-electron chi connectivity index (χ0n) is 15.7. The van der Waals surface area contributed by atoms with E-state index in [0.717, 1.165) is 37.7 Å². The molecule has 0 bridgehead atoms. The molecule has 1 saturated carbocycles. The maximum atomic E-state index is 13.8. The zero-order chi connectivity index (χ0) is 19.7. The van der Waals surface area contributed by atoms with Gasteiger partial charge in [0.2, 0.25) is 5.71 Å². The van der Waals surface area contributed by atoms with Crippen molar-refractivity contribution in [3.63, 3.8) is 0 Å². The molecule has 0 unspecified atom stereocenters. The number of aromatic nitrogens is 2. The fourth-order valence-electron chi connectivity index (χ4n) is 4.28. The van der Waals surface area contributed by atoms with Crippen LogP contribution in [0.15, 0.2) is 39.8 Å².